The molecule has 1 fully saturated rings. The predicted octanol–water partition coefficient (Wildman–Crippen LogP) is -1.01. The van der Waals surface area contributed by atoms with Crippen LogP contribution in [-0.4, -0.2) is 37.1 Å². The monoisotopic (exact) mass is 113 g/mol. The Morgan fingerprint density at radius 1 is 1.62 bits per heavy atom. The molecule has 1 N–H and O–H groups in total. The van der Waals surface area contributed by atoms with Gasteiger partial charge in [0.2, 0.25) is 0 Å². The van der Waals surface area contributed by atoms with Crippen molar-refractivity contribution in [3.05, 3.63) is 0 Å². The van der Waals surface area contributed by atoms with Gasteiger partial charge in [-0.25, -0.2) is 0 Å². The van der Waals surface area contributed by atoms with Gasteiger partial charge in [-0.3, -0.25) is 0 Å². The van der Waals surface area contributed by atoms with Gasteiger partial charge in [0.25, 0.3) is 0 Å². The van der Waals surface area contributed by atoms with E-state index in [0.29, 0.717) is 0 Å². The van der Waals surface area contributed by atoms with Gasteiger partial charge in [-0.1, -0.05) is 0 Å². The number of hydrogen-bond donors (Lipinski definition) is 1. The highest BCUT2D eigenvalue weighted by molar-refractivity contribution is 6.04. The van der Waals surface area contributed by atoms with E-state index in [-0.39, 0.29) is 6.10 Å². The van der Waals surface area contributed by atoms with Gasteiger partial charge < -0.3 is 9.92 Å². The molecule has 3 heteroatoms. The molecule has 1 heterocycles. The Balaban J connectivity index is 2.23. The minimum Gasteiger partial charge on any atom is -0.392 e. The van der Waals surface area contributed by atoms with Crippen molar-refractivity contribution in [2.45, 2.75) is 18.9 Å². The van der Waals surface area contributed by atoms with Crippen LogP contribution in [0.1, 0.15) is 12.8 Å². The smallest absolute Gasteiger partial charge is 0.185 e. The quantitative estimate of drug-likeness (QED) is 0.407. The summed E-state index contributed by atoms with van der Waals surface area (Å²) in [4.78, 5) is 2.16. The minimum absolute atomic E-state index is 0.0613. The highest BCUT2D eigenvalue weighted by Crippen LogP contribution is 2.05. The van der Waals surface area contributed by atoms with Crippen molar-refractivity contribution in [1.82, 2.24) is 4.81 Å². The second-order valence-electron chi connectivity index (χ2n) is 2.56. The van der Waals surface area contributed by atoms with Crippen LogP contribution in [-0.2, 0) is 0 Å². The molecule has 0 spiro atoms. The lowest BCUT2D eigenvalue weighted by Gasteiger charge is -2.26. The third kappa shape index (κ3) is 1.49. The summed E-state index contributed by atoms with van der Waals surface area (Å²) in [5.41, 5.74) is 0. The molecule has 8 heavy (non-hydrogen) atoms. The molecule has 1 saturated heterocycles. The maximum absolute atomic E-state index is 9.04. The molecule has 1 aliphatic heterocycles. The first-order chi connectivity index (χ1) is 3.79. The normalized spacial score (nSPS) is 32.9. The third-order valence-electron chi connectivity index (χ3n) is 1.60. The van der Waals surface area contributed by atoms with Crippen molar-refractivity contribution in [2.24, 2.45) is 0 Å². The largest absolute Gasteiger partial charge is 0.392 e. The molecule has 2 nitrogen and oxygen atoms in total. The topological polar surface area (TPSA) is 23.5 Å². The van der Waals surface area contributed by atoms with Crippen molar-refractivity contribution in [3.8, 4) is 0 Å². The van der Waals surface area contributed by atoms with Crippen LogP contribution in [0, 0.1) is 0 Å². The van der Waals surface area contributed by atoms with Crippen LogP contribution >= 0.6 is 0 Å². The van der Waals surface area contributed by atoms with E-state index < -0.39 is 0 Å². The van der Waals surface area contributed by atoms with Crippen LogP contribution in [0.15, 0.2) is 0 Å². The summed E-state index contributed by atoms with van der Waals surface area (Å²) in [6.07, 6.45) is 2.08. The predicted molar refractivity (Wildman–Crippen MR) is 35.4 cm³/mol. The molecular formula is C5H12BNO. The summed E-state index contributed by atoms with van der Waals surface area (Å²) in [7, 11) is 2.04. The lowest BCUT2D eigenvalue weighted by Crippen LogP contribution is -2.36. The van der Waals surface area contributed by atoms with Gasteiger partial charge in [-0.2, -0.15) is 0 Å². The molecule has 1 atom stereocenters. The van der Waals surface area contributed by atoms with Crippen molar-refractivity contribution in [3.63, 3.8) is 0 Å². The van der Waals surface area contributed by atoms with E-state index >= 15 is 0 Å². The summed E-state index contributed by atoms with van der Waals surface area (Å²) in [6.45, 7) is 2.01. The van der Waals surface area contributed by atoms with Gasteiger partial charge in [0.1, 0.15) is 0 Å². The first-order valence-corrected chi connectivity index (χ1v) is 3.15. The number of hydrogen-bond acceptors (Lipinski definition) is 2. The van der Waals surface area contributed by atoms with Crippen LogP contribution < -0.4 is 0 Å². The molecule has 0 bridgehead atoms. The van der Waals surface area contributed by atoms with E-state index in [1.54, 1.807) is 0 Å². The summed E-state index contributed by atoms with van der Waals surface area (Å²) < 4.78 is 0. The van der Waals surface area contributed by atoms with Crippen LogP contribution in [0.25, 0.3) is 0 Å². The Kier molecular flexibility index (Phi) is 1.92. The maximum Gasteiger partial charge on any atom is 0.185 e. The average molecular weight is 113 g/mol. The Morgan fingerprint density at radius 3 is 2.75 bits per heavy atom. The van der Waals surface area contributed by atoms with E-state index in [2.05, 4.69) is 4.81 Å². The zero-order valence-electron chi connectivity index (χ0n) is 5.30. The zero-order valence-corrected chi connectivity index (χ0v) is 5.30. The van der Waals surface area contributed by atoms with Crippen LogP contribution in [0.2, 0.25) is 0 Å². The molecule has 0 aliphatic carbocycles. The molecule has 0 radical (unpaired) electrons. The number of nitrogens with zero attached hydrogens (tertiary/aromatic N) is 1. The summed E-state index contributed by atoms with van der Waals surface area (Å²) in [5, 5.41) is 9.04. The van der Waals surface area contributed by atoms with Gasteiger partial charge in [0, 0.05) is 6.54 Å². The van der Waals surface area contributed by atoms with Crippen LogP contribution in [0.3, 0.4) is 0 Å². The van der Waals surface area contributed by atoms with E-state index in [4.69, 9.17) is 5.11 Å². The van der Waals surface area contributed by atoms with Crippen LogP contribution in [0.4, 0.5) is 0 Å². The molecule has 0 aromatic rings. The lowest BCUT2D eigenvalue weighted by atomic mass is 10.1. The zero-order chi connectivity index (χ0) is 5.98. The molecule has 0 saturated carbocycles. The van der Waals surface area contributed by atoms with Crippen LogP contribution in [0.5, 0.6) is 0 Å². The fourth-order valence-corrected chi connectivity index (χ4v) is 1.14. The third-order valence-corrected chi connectivity index (χ3v) is 1.60. The first-order valence-electron chi connectivity index (χ1n) is 3.15. The first kappa shape index (κ1) is 6.11. The Morgan fingerprint density at radius 2 is 2.38 bits per heavy atom. The van der Waals surface area contributed by atoms with Crippen molar-refractivity contribution in [1.29, 1.82) is 0 Å². The van der Waals surface area contributed by atoms with Gasteiger partial charge in [0.05, 0.1) is 6.10 Å². The number of piperidine rings is 1. The van der Waals surface area contributed by atoms with Gasteiger partial charge in [0.15, 0.2) is 7.98 Å². The van der Waals surface area contributed by atoms with Gasteiger partial charge in [-0.05, 0) is 19.4 Å². The number of β-amino-alcohol motifs (C(OH)–C–C–N with tert-alkyl or cyclic N) is 1. The molecule has 46 valence electrons. The minimum atomic E-state index is -0.0613. The average Bonchev–Trinajstić information content (AvgIpc) is 1.64. The molecular weight excluding hydrogens is 101 g/mol. The molecule has 1 rings (SSSR count). The fraction of sp³-hybridized carbons (Fsp3) is 1.00. The van der Waals surface area contributed by atoms with E-state index in [1.807, 2.05) is 7.98 Å². The summed E-state index contributed by atoms with van der Waals surface area (Å²) in [5.74, 6) is 0. The van der Waals surface area contributed by atoms with E-state index in [0.717, 1.165) is 25.9 Å². The standard InChI is InChI=1S/C5H12BNO/c6-7-3-1-2-5(8)4-7/h5,8H,1-4,6H2. The van der Waals surface area contributed by atoms with Crippen molar-refractivity contribution >= 4 is 7.98 Å². The van der Waals surface area contributed by atoms with E-state index in [9.17, 15) is 0 Å². The summed E-state index contributed by atoms with van der Waals surface area (Å²) in [6, 6.07) is 0. The highest BCUT2D eigenvalue weighted by Gasteiger charge is 2.12. The number of rotatable bonds is 0. The molecule has 1 aliphatic rings. The number of aliphatic hydroxyl groups excluding tert-OH is 1. The highest BCUT2D eigenvalue weighted by atomic mass is 16.3. The second-order valence-corrected chi connectivity index (χ2v) is 2.56. The van der Waals surface area contributed by atoms with Crippen molar-refractivity contribution < 1.29 is 5.11 Å². The Labute approximate surface area is 50.9 Å². The van der Waals surface area contributed by atoms with Gasteiger partial charge in [-0.15, -0.1) is 0 Å². The molecule has 0 amide bonds. The molecule has 1 unspecified atom stereocenters. The fourth-order valence-electron chi connectivity index (χ4n) is 1.14. The molecule has 0 aromatic carbocycles. The Hall–Kier alpha value is -0.0151. The van der Waals surface area contributed by atoms with Gasteiger partial charge >= 0.3 is 0 Å². The Bertz CT molecular complexity index is 70.8. The molecule has 0 aromatic heterocycles. The lowest BCUT2D eigenvalue weighted by molar-refractivity contribution is 0.109. The van der Waals surface area contributed by atoms with E-state index in [1.165, 1.54) is 0 Å². The SMILES string of the molecule is BN1CCCC(O)C1. The number of aliphatic hydroxyl groups is 1. The second kappa shape index (κ2) is 2.51. The maximum atomic E-state index is 9.04. The van der Waals surface area contributed by atoms with Crippen molar-refractivity contribution in [2.75, 3.05) is 13.1 Å². The summed E-state index contributed by atoms with van der Waals surface area (Å²) >= 11 is 0.